The normalized spacial score (nSPS) is 29.9. The number of aliphatic hydroxyl groups excluding tert-OH is 1. The number of carbonyl (C=O) groups is 1. The fraction of sp³-hybridized carbons (Fsp3) is 0.588. The van der Waals surface area contributed by atoms with Gasteiger partial charge in [-0.25, -0.2) is 0 Å². The Morgan fingerprint density at radius 2 is 1.96 bits per heavy atom. The number of likely N-dealkylation sites (tertiary alicyclic amines) is 1. The summed E-state index contributed by atoms with van der Waals surface area (Å²) >= 11 is 0. The maximum absolute atomic E-state index is 12.4. The fourth-order valence-corrected chi connectivity index (χ4v) is 3.88. The zero-order chi connectivity index (χ0) is 15.8. The van der Waals surface area contributed by atoms with E-state index in [1.807, 2.05) is 0 Å². The molecule has 124 valence electrons. The highest BCUT2D eigenvalue weighted by Crippen LogP contribution is 2.33. The molecule has 6 nitrogen and oxygen atoms in total. The van der Waals surface area contributed by atoms with Crippen molar-refractivity contribution in [1.29, 1.82) is 0 Å². The summed E-state index contributed by atoms with van der Waals surface area (Å²) in [6.07, 6.45) is 3.67. The van der Waals surface area contributed by atoms with Crippen LogP contribution in [0.15, 0.2) is 18.2 Å². The van der Waals surface area contributed by atoms with E-state index in [4.69, 9.17) is 9.47 Å². The Balaban J connectivity index is 1.41. The molecule has 1 saturated carbocycles. The summed E-state index contributed by atoms with van der Waals surface area (Å²) in [7, 11) is 0. The molecule has 0 aromatic heterocycles. The highest BCUT2D eigenvalue weighted by molar-refractivity contribution is 5.95. The van der Waals surface area contributed by atoms with Crippen molar-refractivity contribution in [3.63, 3.8) is 0 Å². The molecule has 3 atom stereocenters. The SMILES string of the molecule is O=C(N[C@@H]1CC[C@@H](N2CCCC2)[C@@H]1O)c1ccc2c(c1)OCO2. The summed E-state index contributed by atoms with van der Waals surface area (Å²) in [5, 5.41) is 13.5. The molecule has 2 heterocycles. The first-order chi connectivity index (χ1) is 11.2. The second-order valence-corrected chi connectivity index (χ2v) is 6.53. The molecule has 2 N–H and O–H groups in total. The lowest BCUT2D eigenvalue weighted by Gasteiger charge is -2.28. The van der Waals surface area contributed by atoms with Crippen LogP contribution >= 0.6 is 0 Å². The van der Waals surface area contributed by atoms with Crippen molar-refractivity contribution in [2.24, 2.45) is 0 Å². The van der Waals surface area contributed by atoms with E-state index in [2.05, 4.69) is 10.2 Å². The van der Waals surface area contributed by atoms with Gasteiger partial charge in [0, 0.05) is 11.6 Å². The van der Waals surface area contributed by atoms with Crippen molar-refractivity contribution in [1.82, 2.24) is 10.2 Å². The van der Waals surface area contributed by atoms with Crippen LogP contribution in [-0.2, 0) is 0 Å². The number of carbonyl (C=O) groups excluding carboxylic acids is 1. The van der Waals surface area contributed by atoms with Gasteiger partial charge in [-0.3, -0.25) is 9.69 Å². The van der Waals surface area contributed by atoms with Crippen LogP contribution in [0, 0.1) is 0 Å². The number of aliphatic hydroxyl groups is 1. The molecule has 1 saturated heterocycles. The molecule has 1 amide bonds. The van der Waals surface area contributed by atoms with Crippen LogP contribution in [-0.4, -0.2) is 54.0 Å². The summed E-state index contributed by atoms with van der Waals surface area (Å²) < 4.78 is 10.6. The molecule has 6 heteroatoms. The summed E-state index contributed by atoms with van der Waals surface area (Å²) in [5.41, 5.74) is 0.533. The van der Waals surface area contributed by atoms with Gasteiger partial charge in [0.2, 0.25) is 6.79 Å². The zero-order valence-electron chi connectivity index (χ0n) is 13.0. The van der Waals surface area contributed by atoms with Gasteiger partial charge in [0.05, 0.1) is 12.1 Å². The van der Waals surface area contributed by atoms with Crippen molar-refractivity contribution < 1.29 is 19.4 Å². The Kier molecular flexibility index (Phi) is 3.87. The minimum Gasteiger partial charge on any atom is -0.454 e. The molecule has 0 bridgehead atoms. The van der Waals surface area contributed by atoms with E-state index >= 15 is 0 Å². The number of hydrogen-bond donors (Lipinski definition) is 2. The number of nitrogens with one attached hydrogen (secondary N) is 1. The Bertz CT molecular complexity index is 600. The molecule has 1 aliphatic carbocycles. The largest absolute Gasteiger partial charge is 0.454 e. The first-order valence-electron chi connectivity index (χ1n) is 8.35. The van der Waals surface area contributed by atoms with Crippen molar-refractivity contribution >= 4 is 5.91 Å². The van der Waals surface area contributed by atoms with Crippen molar-refractivity contribution in [3.8, 4) is 11.5 Å². The van der Waals surface area contributed by atoms with Crippen molar-refractivity contribution in [2.75, 3.05) is 19.9 Å². The average Bonchev–Trinajstić information content (AvgIpc) is 3.28. The van der Waals surface area contributed by atoms with Gasteiger partial charge in [-0.05, 0) is 57.0 Å². The summed E-state index contributed by atoms with van der Waals surface area (Å²) in [5.74, 6) is 1.09. The number of rotatable bonds is 3. The zero-order valence-corrected chi connectivity index (χ0v) is 13.0. The fourth-order valence-electron chi connectivity index (χ4n) is 3.88. The van der Waals surface area contributed by atoms with Gasteiger partial charge < -0.3 is 19.9 Å². The van der Waals surface area contributed by atoms with Gasteiger partial charge in [-0.15, -0.1) is 0 Å². The summed E-state index contributed by atoms with van der Waals surface area (Å²) in [6.45, 7) is 2.31. The van der Waals surface area contributed by atoms with Gasteiger partial charge in [-0.2, -0.15) is 0 Å². The van der Waals surface area contributed by atoms with E-state index in [1.54, 1.807) is 18.2 Å². The second-order valence-electron chi connectivity index (χ2n) is 6.53. The lowest BCUT2D eigenvalue weighted by Crippen LogP contribution is -2.47. The Labute approximate surface area is 135 Å². The van der Waals surface area contributed by atoms with Gasteiger partial charge in [-0.1, -0.05) is 0 Å². The van der Waals surface area contributed by atoms with Crippen LogP contribution in [0.4, 0.5) is 0 Å². The molecule has 2 fully saturated rings. The predicted molar refractivity (Wildman–Crippen MR) is 83.7 cm³/mol. The van der Waals surface area contributed by atoms with Crippen molar-refractivity contribution in [2.45, 2.75) is 43.9 Å². The predicted octanol–water partition coefficient (Wildman–Crippen LogP) is 1.13. The molecule has 23 heavy (non-hydrogen) atoms. The van der Waals surface area contributed by atoms with Crippen LogP contribution in [0.1, 0.15) is 36.0 Å². The molecule has 0 spiro atoms. The van der Waals surface area contributed by atoms with E-state index in [0.29, 0.717) is 17.1 Å². The minimum absolute atomic E-state index is 0.172. The topological polar surface area (TPSA) is 71.0 Å². The first-order valence-corrected chi connectivity index (χ1v) is 8.35. The van der Waals surface area contributed by atoms with Gasteiger partial charge in [0.25, 0.3) is 5.91 Å². The van der Waals surface area contributed by atoms with E-state index in [9.17, 15) is 9.90 Å². The van der Waals surface area contributed by atoms with Gasteiger partial charge in [0.15, 0.2) is 11.5 Å². The highest BCUT2D eigenvalue weighted by Gasteiger charge is 2.39. The Morgan fingerprint density at radius 1 is 1.17 bits per heavy atom. The molecule has 0 radical (unpaired) electrons. The molecule has 4 rings (SSSR count). The Morgan fingerprint density at radius 3 is 2.78 bits per heavy atom. The molecular weight excluding hydrogens is 296 g/mol. The van der Waals surface area contributed by atoms with Crippen LogP contribution in [0.3, 0.4) is 0 Å². The quantitative estimate of drug-likeness (QED) is 0.874. The van der Waals surface area contributed by atoms with Crippen LogP contribution in [0.2, 0.25) is 0 Å². The number of fused-ring (bicyclic) bond motifs is 1. The molecule has 0 unspecified atom stereocenters. The third kappa shape index (κ3) is 2.77. The van der Waals surface area contributed by atoms with Crippen LogP contribution < -0.4 is 14.8 Å². The third-order valence-corrected chi connectivity index (χ3v) is 5.14. The Hall–Kier alpha value is -1.79. The van der Waals surface area contributed by atoms with E-state index in [0.717, 1.165) is 25.9 Å². The molecule has 2 aliphatic heterocycles. The van der Waals surface area contributed by atoms with Gasteiger partial charge >= 0.3 is 0 Å². The lowest BCUT2D eigenvalue weighted by atomic mass is 10.1. The standard InChI is InChI=1S/C17H22N2O4/c20-16-12(4-5-13(16)19-7-1-2-8-19)18-17(21)11-3-6-14-15(9-11)23-10-22-14/h3,6,9,12-13,16,20H,1-2,4-5,7-8,10H2,(H,18,21)/t12-,13-,16-/m1/s1. The average molecular weight is 318 g/mol. The molecule has 3 aliphatic rings. The van der Waals surface area contributed by atoms with E-state index in [-0.39, 0.29) is 24.8 Å². The minimum atomic E-state index is -0.494. The number of benzene rings is 1. The summed E-state index contributed by atoms with van der Waals surface area (Å²) in [6, 6.07) is 5.16. The maximum Gasteiger partial charge on any atom is 0.251 e. The molecule has 1 aromatic carbocycles. The first kappa shape index (κ1) is 14.8. The van der Waals surface area contributed by atoms with Crippen LogP contribution in [0.25, 0.3) is 0 Å². The number of ether oxygens (including phenoxy) is 2. The number of hydrogen-bond acceptors (Lipinski definition) is 5. The lowest BCUT2D eigenvalue weighted by molar-refractivity contribution is 0.0619. The third-order valence-electron chi connectivity index (χ3n) is 5.14. The van der Waals surface area contributed by atoms with E-state index < -0.39 is 6.10 Å². The van der Waals surface area contributed by atoms with Crippen LogP contribution in [0.5, 0.6) is 11.5 Å². The molecular formula is C17H22N2O4. The monoisotopic (exact) mass is 318 g/mol. The van der Waals surface area contributed by atoms with Crippen molar-refractivity contribution in [3.05, 3.63) is 23.8 Å². The smallest absolute Gasteiger partial charge is 0.251 e. The highest BCUT2D eigenvalue weighted by atomic mass is 16.7. The second kappa shape index (κ2) is 6.02. The summed E-state index contributed by atoms with van der Waals surface area (Å²) in [4.78, 5) is 14.8. The van der Waals surface area contributed by atoms with Gasteiger partial charge in [0.1, 0.15) is 0 Å². The maximum atomic E-state index is 12.4. The number of nitrogens with zero attached hydrogens (tertiary/aromatic N) is 1. The number of amides is 1. The van der Waals surface area contributed by atoms with E-state index in [1.165, 1.54) is 12.8 Å². The molecule has 1 aromatic rings.